The molecular weight excluding hydrogens is 554 g/mol. The molecule has 0 N–H and O–H groups in total. The Morgan fingerprint density at radius 1 is 0.881 bits per heavy atom. The standard InChI is InChI=1S/C31H33N5O5S/c1-21-19-34(15-16-35(21)30(38)26-14-13-25(40-3)18-27(26)41-4)28(37)20-42-31-33-32-29(22-9-8-12-24(17-22)39-2)36(31)23-10-6-5-7-11-23/h5-14,17-18,21H,15-16,19-20H2,1-4H3. The molecule has 0 radical (unpaired) electrons. The Kier molecular flexibility index (Phi) is 8.97. The van der Waals surface area contributed by atoms with Crippen LogP contribution in [0.3, 0.4) is 0 Å². The van der Waals surface area contributed by atoms with Crippen molar-refractivity contribution in [2.45, 2.75) is 18.1 Å². The Morgan fingerprint density at radius 2 is 1.64 bits per heavy atom. The van der Waals surface area contributed by atoms with Crippen molar-refractivity contribution in [1.82, 2.24) is 24.6 Å². The Balaban J connectivity index is 1.28. The lowest BCUT2D eigenvalue weighted by Gasteiger charge is -2.40. The Labute approximate surface area is 249 Å². The summed E-state index contributed by atoms with van der Waals surface area (Å²) in [6.45, 7) is 3.25. The van der Waals surface area contributed by atoms with Crippen LogP contribution in [0, 0.1) is 0 Å². The van der Waals surface area contributed by atoms with Crippen molar-refractivity contribution in [3.8, 4) is 34.3 Å². The third-order valence-electron chi connectivity index (χ3n) is 7.18. The van der Waals surface area contributed by atoms with Crippen LogP contribution in [-0.4, -0.2) is 89.1 Å². The molecule has 1 aliphatic heterocycles. The van der Waals surface area contributed by atoms with Gasteiger partial charge in [-0.15, -0.1) is 10.2 Å². The molecule has 1 aliphatic rings. The maximum Gasteiger partial charge on any atom is 0.257 e. The number of amides is 2. The molecule has 2 heterocycles. The second-order valence-electron chi connectivity index (χ2n) is 9.75. The molecule has 0 saturated carbocycles. The minimum Gasteiger partial charge on any atom is -0.497 e. The first-order valence-corrected chi connectivity index (χ1v) is 14.5. The van der Waals surface area contributed by atoms with E-state index in [9.17, 15) is 9.59 Å². The molecule has 1 atom stereocenters. The molecule has 1 fully saturated rings. The fourth-order valence-corrected chi connectivity index (χ4v) is 5.81. The molecule has 1 aromatic heterocycles. The van der Waals surface area contributed by atoms with Crippen molar-refractivity contribution >= 4 is 23.6 Å². The van der Waals surface area contributed by atoms with Crippen molar-refractivity contribution in [1.29, 1.82) is 0 Å². The van der Waals surface area contributed by atoms with E-state index in [0.29, 0.717) is 47.7 Å². The van der Waals surface area contributed by atoms with Crippen molar-refractivity contribution in [2.24, 2.45) is 0 Å². The normalized spacial score (nSPS) is 14.9. The first-order chi connectivity index (χ1) is 20.4. The van der Waals surface area contributed by atoms with Crippen molar-refractivity contribution in [2.75, 3.05) is 46.7 Å². The molecular formula is C31H33N5O5S. The van der Waals surface area contributed by atoms with E-state index in [1.54, 1.807) is 42.2 Å². The van der Waals surface area contributed by atoms with Crippen molar-refractivity contribution in [3.63, 3.8) is 0 Å². The summed E-state index contributed by atoms with van der Waals surface area (Å²) in [5, 5.41) is 9.53. The van der Waals surface area contributed by atoms with Crippen LogP contribution in [0.15, 0.2) is 78.0 Å². The number of piperazine rings is 1. The number of nitrogens with zero attached hydrogens (tertiary/aromatic N) is 5. The average Bonchev–Trinajstić information content (AvgIpc) is 3.47. The number of hydrogen-bond acceptors (Lipinski definition) is 8. The molecule has 0 bridgehead atoms. The van der Waals surface area contributed by atoms with Crippen LogP contribution >= 0.6 is 11.8 Å². The first kappa shape index (κ1) is 29.0. The van der Waals surface area contributed by atoms with E-state index in [4.69, 9.17) is 14.2 Å². The van der Waals surface area contributed by atoms with Gasteiger partial charge in [-0.25, -0.2) is 0 Å². The molecule has 10 nitrogen and oxygen atoms in total. The van der Waals surface area contributed by atoms with Crippen LogP contribution in [0.4, 0.5) is 0 Å². The molecule has 218 valence electrons. The summed E-state index contributed by atoms with van der Waals surface area (Å²) in [6.07, 6.45) is 0. The zero-order valence-electron chi connectivity index (χ0n) is 24.0. The lowest BCUT2D eigenvalue weighted by molar-refractivity contribution is -0.130. The summed E-state index contributed by atoms with van der Waals surface area (Å²) in [4.78, 5) is 30.3. The lowest BCUT2D eigenvalue weighted by Crippen LogP contribution is -2.55. The minimum absolute atomic E-state index is 0.0217. The highest BCUT2D eigenvalue weighted by atomic mass is 32.2. The molecule has 1 unspecified atom stereocenters. The van der Waals surface area contributed by atoms with Crippen LogP contribution in [0.5, 0.6) is 17.2 Å². The number of benzene rings is 3. The van der Waals surface area contributed by atoms with E-state index in [1.165, 1.54) is 18.9 Å². The van der Waals surface area contributed by atoms with Gasteiger partial charge in [-0.05, 0) is 43.3 Å². The predicted molar refractivity (Wildman–Crippen MR) is 161 cm³/mol. The Morgan fingerprint density at radius 3 is 2.36 bits per heavy atom. The maximum atomic E-state index is 13.4. The number of para-hydroxylation sites is 1. The lowest BCUT2D eigenvalue weighted by atomic mass is 10.1. The second kappa shape index (κ2) is 13.0. The Bertz CT molecular complexity index is 1560. The summed E-state index contributed by atoms with van der Waals surface area (Å²) in [7, 11) is 4.72. The zero-order chi connectivity index (χ0) is 29.6. The summed E-state index contributed by atoms with van der Waals surface area (Å²) in [6, 6.07) is 22.4. The summed E-state index contributed by atoms with van der Waals surface area (Å²) in [5.74, 6) is 2.48. The van der Waals surface area contributed by atoms with Gasteiger partial charge in [0.15, 0.2) is 11.0 Å². The number of hydrogen-bond donors (Lipinski definition) is 0. The summed E-state index contributed by atoms with van der Waals surface area (Å²) >= 11 is 1.34. The van der Waals surface area contributed by atoms with Gasteiger partial charge >= 0.3 is 0 Å². The molecule has 0 spiro atoms. The van der Waals surface area contributed by atoms with E-state index in [-0.39, 0.29) is 23.6 Å². The van der Waals surface area contributed by atoms with Crippen LogP contribution in [-0.2, 0) is 4.79 Å². The van der Waals surface area contributed by atoms with Crippen LogP contribution < -0.4 is 14.2 Å². The average molecular weight is 588 g/mol. The molecule has 0 aliphatic carbocycles. The SMILES string of the molecule is COc1cccc(-c2nnc(SCC(=O)N3CCN(C(=O)c4ccc(OC)cc4OC)C(C)C3)n2-c2ccccc2)c1. The molecule has 11 heteroatoms. The van der Waals surface area contributed by atoms with Gasteiger partial charge in [0.05, 0.1) is 32.6 Å². The van der Waals surface area contributed by atoms with Gasteiger partial charge in [0.25, 0.3) is 5.91 Å². The molecule has 1 saturated heterocycles. The van der Waals surface area contributed by atoms with E-state index < -0.39 is 0 Å². The van der Waals surface area contributed by atoms with Gasteiger partial charge in [-0.1, -0.05) is 42.1 Å². The maximum absolute atomic E-state index is 13.4. The fraction of sp³-hybridized carbons (Fsp3) is 0.290. The van der Waals surface area contributed by atoms with E-state index in [0.717, 1.165) is 17.0 Å². The molecule has 5 rings (SSSR count). The topological polar surface area (TPSA) is 99.0 Å². The highest BCUT2D eigenvalue weighted by molar-refractivity contribution is 7.99. The van der Waals surface area contributed by atoms with E-state index >= 15 is 0 Å². The first-order valence-electron chi connectivity index (χ1n) is 13.5. The molecule has 42 heavy (non-hydrogen) atoms. The van der Waals surface area contributed by atoms with Gasteiger partial charge in [0.1, 0.15) is 17.2 Å². The highest BCUT2D eigenvalue weighted by Gasteiger charge is 2.32. The molecule has 3 aromatic carbocycles. The fourth-order valence-electron chi connectivity index (χ4n) is 4.96. The third kappa shape index (κ3) is 6.06. The quantitative estimate of drug-likeness (QED) is 0.266. The van der Waals surface area contributed by atoms with Crippen molar-refractivity contribution in [3.05, 3.63) is 78.4 Å². The second-order valence-corrected chi connectivity index (χ2v) is 10.7. The largest absolute Gasteiger partial charge is 0.497 e. The molecule has 4 aromatic rings. The van der Waals surface area contributed by atoms with Gasteiger partial charge in [-0.2, -0.15) is 0 Å². The minimum atomic E-state index is -0.167. The number of carbonyl (C=O) groups is 2. The third-order valence-corrected chi connectivity index (χ3v) is 8.09. The van der Waals surface area contributed by atoms with Gasteiger partial charge in [0, 0.05) is 43.0 Å². The predicted octanol–water partition coefficient (Wildman–Crippen LogP) is 4.43. The van der Waals surface area contributed by atoms with Gasteiger partial charge in [-0.3, -0.25) is 14.2 Å². The number of aromatic nitrogens is 3. The monoisotopic (exact) mass is 587 g/mol. The number of methoxy groups -OCH3 is 3. The number of rotatable bonds is 9. The summed E-state index contributed by atoms with van der Waals surface area (Å²) < 4.78 is 18.0. The van der Waals surface area contributed by atoms with Crippen LogP contribution in [0.2, 0.25) is 0 Å². The van der Waals surface area contributed by atoms with Gasteiger partial charge in [0.2, 0.25) is 5.91 Å². The van der Waals surface area contributed by atoms with Crippen molar-refractivity contribution < 1.29 is 23.8 Å². The number of carbonyl (C=O) groups excluding carboxylic acids is 2. The van der Waals surface area contributed by atoms with E-state index in [2.05, 4.69) is 10.2 Å². The highest BCUT2D eigenvalue weighted by Crippen LogP contribution is 2.31. The number of ether oxygens (including phenoxy) is 3. The van der Waals surface area contributed by atoms with Gasteiger partial charge < -0.3 is 24.0 Å². The van der Waals surface area contributed by atoms with Crippen LogP contribution in [0.1, 0.15) is 17.3 Å². The smallest absolute Gasteiger partial charge is 0.257 e. The van der Waals surface area contributed by atoms with E-state index in [1.807, 2.05) is 66.1 Å². The summed E-state index contributed by atoms with van der Waals surface area (Å²) in [5.41, 5.74) is 2.21. The number of thioether (sulfide) groups is 1. The molecule has 2 amide bonds. The Hall–Kier alpha value is -4.51. The van der Waals surface area contributed by atoms with Crippen LogP contribution in [0.25, 0.3) is 17.1 Å². The zero-order valence-corrected chi connectivity index (χ0v) is 24.8.